The van der Waals surface area contributed by atoms with E-state index in [0.29, 0.717) is 12.8 Å². The molecule has 2 aromatic carbocycles. The van der Waals surface area contributed by atoms with Gasteiger partial charge in [-0.1, -0.05) is 48.5 Å². The number of carbonyl (C=O) groups is 3. The maximum atomic E-state index is 12.6. The number of ether oxygens (including phenoxy) is 1. The number of fused-ring (bicyclic) bond motifs is 3. The first-order valence-electron chi connectivity index (χ1n) is 12.4. The number of benzene rings is 2. The standard InChI is InChI=1S/C28H34N2O5/c1-28(2,14-13-26(32)33)30-25(31)16-18-11-12-19(15-18)29-27(34)35-17-24-22-9-5-3-7-20(22)21-8-4-6-10-23(21)24/h3-10,18-19,24H,11-17H2,1-2H3,(H,29,34)(H,30,31)(H,32,33)/t18-,19+/m1/s1. The van der Waals surface area contributed by atoms with Crippen LogP contribution in [0.15, 0.2) is 48.5 Å². The summed E-state index contributed by atoms with van der Waals surface area (Å²) in [6.45, 7) is 3.96. The molecule has 1 saturated carbocycles. The van der Waals surface area contributed by atoms with Crippen LogP contribution in [0.3, 0.4) is 0 Å². The van der Waals surface area contributed by atoms with Crippen LogP contribution in [0.5, 0.6) is 0 Å². The second kappa shape index (κ2) is 10.5. The lowest BCUT2D eigenvalue weighted by atomic mass is 9.96. The van der Waals surface area contributed by atoms with Crippen LogP contribution >= 0.6 is 0 Å². The molecule has 0 heterocycles. The molecule has 0 spiro atoms. The Labute approximate surface area is 206 Å². The van der Waals surface area contributed by atoms with Crippen LogP contribution < -0.4 is 10.6 Å². The van der Waals surface area contributed by atoms with Gasteiger partial charge >= 0.3 is 12.1 Å². The van der Waals surface area contributed by atoms with Gasteiger partial charge in [0.05, 0.1) is 0 Å². The number of hydrogen-bond acceptors (Lipinski definition) is 4. The maximum Gasteiger partial charge on any atom is 0.407 e. The van der Waals surface area contributed by atoms with Crippen LogP contribution in [0.2, 0.25) is 0 Å². The minimum atomic E-state index is -0.870. The van der Waals surface area contributed by atoms with E-state index in [1.165, 1.54) is 22.3 Å². The fourth-order valence-corrected chi connectivity index (χ4v) is 5.37. The van der Waals surface area contributed by atoms with E-state index in [0.717, 1.165) is 19.3 Å². The van der Waals surface area contributed by atoms with Crippen molar-refractivity contribution >= 4 is 18.0 Å². The first kappa shape index (κ1) is 24.8. The quantitative estimate of drug-likeness (QED) is 0.478. The summed E-state index contributed by atoms with van der Waals surface area (Å²) in [4.78, 5) is 35.8. The molecule has 1 fully saturated rings. The van der Waals surface area contributed by atoms with Crippen LogP contribution in [0.1, 0.15) is 69.4 Å². The van der Waals surface area contributed by atoms with E-state index < -0.39 is 17.6 Å². The summed E-state index contributed by atoms with van der Waals surface area (Å²) >= 11 is 0. The highest BCUT2D eigenvalue weighted by molar-refractivity contribution is 5.79. The predicted molar refractivity (Wildman–Crippen MR) is 133 cm³/mol. The highest BCUT2D eigenvalue weighted by Gasteiger charge is 2.31. The molecule has 0 saturated heterocycles. The molecule has 7 nitrogen and oxygen atoms in total. The Bertz CT molecular complexity index is 1050. The molecule has 2 atom stereocenters. The van der Waals surface area contributed by atoms with E-state index in [9.17, 15) is 14.4 Å². The zero-order valence-electron chi connectivity index (χ0n) is 20.4. The number of carboxylic acids is 1. The minimum Gasteiger partial charge on any atom is -0.481 e. The topological polar surface area (TPSA) is 105 Å². The fourth-order valence-electron chi connectivity index (χ4n) is 5.37. The van der Waals surface area contributed by atoms with E-state index in [4.69, 9.17) is 9.84 Å². The second-order valence-corrected chi connectivity index (χ2v) is 10.4. The summed E-state index contributed by atoms with van der Waals surface area (Å²) in [7, 11) is 0. The predicted octanol–water partition coefficient (Wildman–Crippen LogP) is 4.84. The number of nitrogens with one attached hydrogen (secondary N) is 2. The highest BCUT2D eigenvalue weighted by atomic mass is 16.5. The van der Waals surface area contributed by atoms with Gasteiger partial charge in [-0.2, -0.15) is 0 Å². The second-order valence-electron chi connectivity index (χ2n) is 10.4. The van der Waals surface area contributed by atoms with Crippen molar-refractivity contribution in [3.63, 3.8) is 0 Å². The van der Waals surface area contributed by atoms with Gasteiger partial charge in [-0.3, -0.25) is 9.59 Å². The van der Waals surface area contributed by atoms with E-state index in [-0.39, 0.29) is 36.8 Å². The number of carbonyl (C=O) groups excluding carboxylic acids is 2. The van der Waals surface area contributed by atoms with Crippen LogP contribution in [0, 0.1) is 5.92 Å². The molecule has 0 unspecified atom stereocenters. The lowest BCUT2D eigenvalue weighted by Gasteiger charge is -2.26. The number of carboxylic acid groups (broad SMARTS) is 1. The Morgan fingerprint density at radius 3 is 2.26 bits per heavy atom. The lowest BCUT2D eigenvalue weighted by Crippen LogP contribution is -2.44. The van der Waals surface area contributed by atoms with Gasteiger partial charge in [0, 0.05) is 30.3 Å². The molecule has 2 amide bonds. The average molecular weight is 479 g/mol. The van der Waals surface area contributed by atoms with E-state index in [1.807, 2.05) is 38.1 Å². The summed E-state index contributed by atoms with van der Waals surface area (Å²) in [5.41, 5.74) is 4.19. The van der Waals surface area contributed by atoms with Crippen LogP contribution in [0.4, 0.5) is 4.79 Å². The van der Waals surface area contributed by atoms with Gasteiger partial charge in [0.1, 0.15) is 6.61 Å². The van der Waals surface area contributed by atoms with Crippen molar-refractivity contribution in [1.29, 1.82) is 0 Å². The Hall–Kier alpha value is -3.35. The molecule has 2 aromatic rings. The van der Waals surface area contributed by atoms with Gasteiger partial charge < -0.3 is 20.5 Å². The van der Waals surface area contributed by atoms with Crippen molar-refractivity contribution in [3.8, 4) is 11.1 Å². The third-order valence-electron chi connectivity index (χ3n) is 7.12. The van der Waals surface area contributed by atoms with Gasteiger partial charge in [0.15, 0.2) is 0 Å². The Morgan fingerprint density at radius 2 is 1.63 bits per heavy atom. The van der Waals surface area contributed by atoms with Gasteiger partial charge in [0.2, 0.25) is 5.91 Å². The summed E-state index contributed by atoms with van der Waals surface area (Å²) in [5, 5.41) is 14.8. The van der Waals surface area contributed by atoms with Gasteiger partial charge in [-0.05, 0) is 67.7 Å². The molecule has 186 valence electrons. The normalized spacial score (nSPS) is 19.0. The summed E-state index contributed by atoms with van der Waals surface area (Å²) in [6.07, 6.45) is 2.75. The van der Waals surface area contributed by atoms with Gasteiger partial charge in [-0.15, -0.1) is 0 Å². The molecule has 4 rings (SSSR count). The Kier molecular flexibility index (Phi) is 7.43. The number of amides is 2. The van der Waals surface area contributed by atoms with Crippen molar-refractivity contribution in [1.82, 2.24) is 10.6 Å². The van der Waals surface area contributed by atoms with Crippen molar-refractivity contribution in [2.45, 2.75) is 69.9 Å². The summed E-state index contributed by atoms with van der Waals surface area (Å²) in [5.74, 6) is -0.737. The molecule has 0 aromatic heterocycles. The number of aliphatic carboxylic acids is 1. The molecule has 7 heteroatoms. The summed E-state index contributed by atoms with van der Waals surface area (Å²) < 4.78 is 5.65. The van der Waals surface area contributed by atoms with E-state index in [2.05, 4.69) is 34.9 Å². The van der Waals surface area contributed by atoms with Crippen molar-refractivity contribution < 1.29 is 24.2 Å². The first-order chi connectivity index (χ1) is 16.7. The van der Waals surface area contributed by atoms with Crippen LogP contribution in [-0.2, 0) is 14.3 Å². The van der Waals surface area contributed by atoms with Gasteiger partial charge in [-0.25, -0.2) is 4.79 Å². The minimum absolute atomic E-state index is 0.0107. The van der Waals surface area contributed by atoms with E-state index in [1.54, 1.807) is 0 Å². The SMILES string of the molecule is CC(C)(CCC(=O)O)NC(=O)C[C@@H]1CC[C@H](NC(=O)OCC2c3ccccc3-c3ccccc32)C1. The number of rotatable bonds is 9. The Morgan fingerprint density at radius 1 is 1.00 bits per heavy atom. The van der Waals surface area contributed by atoms with Crippen molar-refractivity contribution in [2.24, 2.45) is 5.92 Å². The first-order valence-corrected chi connectivity index (χ1v) is 12.4. The Balaban J connectivity index is 1.23. The molecule has 2 aliphatic rings. The number of alkyl carbamates (subject to hydrolysis) is 1. The van der Waals surface area contributed by atoms with Crippen molar-refractivity contribution in [3.05, 3.63) is 59.7 Å². The fraction of sp³-hybridized carbons (Fsp3) is 0.464. The van der Waals surface area contributed by atoms with Crippen LogP contribution in [0.25, 0.3) is 11.1 Å². The average Bonchev–Trinajstić information content (AvgIpc) is 3.37. The van der Waals surface area contributed by atoms with Crippen LogP contribution in [-0.4, -0.2) is 41.3 Å². The molecule has 3 N–H and O–H groups in total. The molecule has 35 heavy (non-hydrogen) atoms. The van der Waals surface area contributed by atoms with Gasteiger partial charge in [0.25, 0.3) is 0 Å². The largest absolute Gasteiger partial charge is 0.481 e. The van der Waals surface area contributed by atoms with Crippen molar-refractivity contribution in [2.75, 3.05) is 6.61 Å². The zero-order chi connectivity index (χ0) is 25.0. The third kappa shape index (κ3) is 6.21. The smallest absolute Gasteiger partial charge is 0.407 e. The molecule has 2 aliphatic carbocycles. The maximum absolute atomic E-state index is 12.6. The summed E-state index contributed by atoms with van der Waals surface area (Å²) in [6, 6.07) is 16.5. The third-order valence-corrected chi connectivity index (χ3v) is 7.12. The molecule has 0 bridgehead atoms. The van der Waals surface area contributed by atoms with E-state index >= 15 is 0 Å². The number of hydrogen-bond donors (Lipinski definition) is 3. The molecule has 0 aliphatic heterocycles. The molecule has 0 radical (unpaired) electrons. The lowest BCUT2D eigenvalue weighted by molar-refractivity contribution is -0.137. The molecular weight excluding hydrogens is 444 g/mol. The zero-order valence-corrected chi connectivity index (χ0v) is 20.4. The molecular formula is C28H34N2O5. The monoisotopic (exact) mass is 478 g/mol. The highest BCUT2D eigenvalue weighted by Crippen LogP contribution is 2.44.